The van der Waals surface area contributed by atoms with Crippen molar-refractivity contribution in [2.75, 3.05) is 11.9 Å². The number of imide groups is 1. The van der Waals surface area contributed by atoms with Gasteiger partial charge >= 0.3 is 12.0 Å². The highest BCUT2D eigenvalue weighted by atomic mass is 32.1. The highest BCUT2D eigenvalue weighted by molar-refractivity contribution is 7.13. The predicted molar refractivity (Wildman–Crippen MR) is 121 cm³/mol. The molecule has 170 valence electrons. The Kier molecular flexibility index (Phi) is 5.94. The number of thiazole rings is 1. The zero-order valence-electron chi connectivity index (χ0n) is 18.5. The van der Waals surface area contributed by atoms with Gasteiger partial charge in [0.05, 0.1) is 5.69 Å². The fraction of sp³-hybridized carbons (Fsp3) is 0.478. The second-order valence-corrected chi connectivity index (χ2v) is 10.4. The molecule has 0 radical (unpaired) electrons. The van der Waals surface area contributed by atoms with Crippen LogP contribution in [0.1, 0.15) is 45.7 Å². The van der Waals surface area contributed by atoms with E-state index in [1.807, 2.05) is 30.3 Å². The van der Waals surface area contributed by atoms with Gasteiger partial charge in [0.15, 0.2) is 5.13 Å². The van der Waals surface area contributed by atoms with Crippen LogP contribution < -0.4 is 10.6 Å². The van der Waals surface area contributed by atoms with Gasteiger partial charge < -0.3 is 15.4 Å². The largest absolute Gasteiger partial charge is 0.458 e. The standard InChI is InChI=1S/C23H28N4O4S/c1-15-9-22(2,3)14-23(10-15)19(29)27(21(30)26-23)11-18(28)31-12-17-13-32-20(25-17)24-16-7-5-4-6-8-16/h4-8,13,15H,9-12,14H2,1-3H3,(H,24,25)(H,26,30)/t15-,23-/m0/s1. The van der Waals surface area contributed by atoms with Crippen LogP contribution in [0.3, 0.4) is 0 Å². The second-order valence-electron chi connectivity index (χ2n) is 9.55. The van der Waals surface area contributed by atoms with E-state index in [-0.39, 0.29) is 17.9 Å². The topological polar surface area (TPSA) is 101 Å². The lowest BCUT2D eigenvalue weighted by Crippen LogP contribution is -2.54. The zero-order chi connectivity index (χ0) is 22.9. The molecule has 1 aromatic carbocycles. The van der Waals surface area contributed by atoms with Crippen LogP contribution in [0.4, 0.5) is 15.6 Å². The summed E-state index contributed by atoms with van der Waals surface area (Å²) in [5, 5.41) is 8.54. The number of urea groups is 1. The number of esters is 1. The Balaban J connectivity index is 1.33. The van der Waals surface area contributed by atoms with Gasteiger partial charge in [-0.3, -0.25) is 14.5 Å². The Morgan fingerprint density at radius 1 is 1.28 bits per heavy atom. The van der Waals surface area contributed by atoms with Crippen LogP contribution in [0.5, 0.6) is 0 Å². The number of carbonyl (C=O) groups is 3. The molecular formula is C23H28N4O4S. The number of carbonyl (C=O) groups excluding carboxylic acids is 3. The molecule has 0 bridgehead atoms. The highest BCUT2D eigenvalue weighted by Crippen LogP contribution is 2.46. The zero-order valence-corrected chi connectivity index (χ0v) is 19.3. The number of amides is 3. The van der Waals surface area contributed by atoms with Gasteiger partial charge in [-0.15, -0.1) is 11.3 Å². The van der Waals surface area contributed by atoms with Crippen molar-refractivity contribution in [3.05, 3.63) is 41.4 Å². The lowest BCUT2D eigenvalue weighted by atomic mass is 9.64. The summed E-state index contributed by atoms with van der Waals surface area (Å²) in [6.45, 7) is 5.88. The molecule has 1 saturated carbocycles. The third-order valence-electron chi connectivity index (χ3n) is 5.87. The van der Waals surface area contributed by atoms with Crippen molar-refractivity contribution in [3.63, 3.8) is 0 Å². The molecule has 2 aliphatic rings. The van der Waals surface area contributed by atoms with E-state index in [1.54, 1.807) is 5.38 Å². The van der Waals surface area contributed by atoms with Crippen LogP contribution in [0.15, 0.2) is 35.7 Å². The number of anilines is 2. The van der Waals surface area contributed by atoms with Crippen LogP contribution in [0, 0.1) is 11.3 Å². The van der Waals surface area contributed by atoms with E-state index < -0.39 is 24.1 Å². The third kappa shape index (κ3) is 4.77. The van der Waals surface area contributed by atoms with Crippen LogP contribution in [-0.2, 0) is 20.9 Å². The van der Waals surface area contributed by atoms with Gasteiger partial charge in [-0.05, 0) is 42.7 Å². The molecule has 2 atom stereocenters. The first-order valence-corrected chi connectivity index (χ1v) is 11.6. The van der Waals surface area contributed by atoms with Crippen molar-refractivity contribution < 1.29 is 19.1 Å². The third-order valence-corrected chi connectivity index (χ3v) is 6.68. The minimum absolute atomic E-state index is 0.0232. The molecule has 32 heavy (non-hydrogen) atoms. The van der Waals surface area contributed by atoms with Gasteiger partial charge in [0.2, 0.25) is 0 Å². The lowest BCUT2D eigenvalue weighted by molar-refractivity contribution is -0.149. The molecule has 2 fully saturated rings. The van der Waals surface area contributed by atoms with Crippen molar-refractivity contribution in [3.8, 4) is 0 Å². The first-order chi connectivity index (χ1) is 15.2. The molecule has 8 nitrogen and oxygen atoms in total. The maximum absolute atomic E-state index is 13.1. The van der Waals surface area contributed by atoms with Crippen molar-refractivity contribution in [2.45, 2.75) is 52.2 Å². The minimum atomic E-state index is -0.925. The number of nitrogens with one attached hydrogen (secondary N) is 2. The first kappa shape index (κ1) is 22.3. The highest BCUT2D eigenvalue weighted by Gasteiger charge is 2.56. The molecule has 0 unspecified atom stereocenters. The van der Waals surface area contributed by atoms with E-state index in [4.69, 9.17) is 4.74 Å². The molecule has 9 heteroatoms. The van der Waals surface area contributed by atoms with Crippen LogP contribution in [-0.4, -0.2) is 39.9 Å². The fourth-order valence-corrected chi connectivity index (χ4v) is 5.77. The van der Waals surface area contributed by atoms with E-state index in [9.17, 15) is 14.4 Å². The van der Waals surface area contributed by atoms with Crippen molar-refractivity contribution in [1.82, 2.24) is 15.2 Å². The van der Waals surface area contributed by atoms with Gasteiger partial charge in [0, 0.05) is 11.1 Å². The maximum atomic E-state index is 13.1. The molecular weight excluding hydrogens is 428 g/mol. The predicted octanol–water partition coefficient (Wildman–Crippen LogP) is 4.07. The van der Waals surface area contributed by atoms with Gasteiger partial charge in [-0.1, -0.05) is 39.0 Å². The number of hydrogen-bond acceptors (Lipinski definition) is 7. The van der Waals surface area contributed by atoms with Crippen LogP contribution >= 0.6 is 11.3 Å². The Morgan fingerprint density at radius 3 is 2.75 bits per heavy atom. The molecule has 2 heterocycles. The minimum Gasteiger partial charge on any atom is -0.458 e. The Hall–Kier alpha value is -2.94. The van der Waals surface area contributed by atoms with Crippen molar-refractivity contribution in [1.29, 1.82) is 0 Å². The quantitative estimate of drug-likeness (QED) is 0.502. The fourth-order valence-electron chi connectivity index (χ4n) is 5.05. The summed E-state index contributed by atoms with van der Waals surface area (Å²) in [4.78, 5) is 43.4. The number of para-hydroxylation sites is 1. The second kappa shape index (κ2) is 8.54. The Bertz CT molecular complexity index is 1020. The summed E-state index contributed by atoms with van der Waals surface area (Å²) in [5.41, 5.74) is 0.523. The monoisotopic (exact) mass is 456 g/mol. The Morgan fingerprint density at radius 2 is 2.03 bits per heavy atom. The number of aromatic nitrogens is 1. The van der Waals surface area contributed by atoms with Gasteiger partial charge in [-0.25, -0.2) is 9.78 Å². The van der Waals surface area contributed by atoms with Crippen LogP contribution in [0.2, 0.25) is 0 Å². The average molecular weight is 457 g/mol. The first-order valence-electron chi connectivity index (χ1n) is 10.7. The average Bonchev–Trinajstić information content (AvgIpc) is 3.23. The van der Waals surface area contributed by atoms with E-state index in [0.717, 1.165) is 17.0 Å². The molecule has 1 aliphatic carbocycles. The van der Waals surface area contributed by atoms with Crippen molar-refractivity contribution >= 4 is 40.1 Å². The molecule has 3 amide bonds. The van der Waals surface area contributed by atoms with E-state index in [0.29, 0.717) is 29.6 Å². The smallest absolute Gasteiger partial charge is 0.326 e. The van der Waals surface area contributed by atoms with Gasteiger partial charge in [0.25, 0.3) is 5.91 Å². The van der Waals surface area contributed by atoms with Gasteiger partial charge in [0.1, 0.15) is 18.7 Å². The lowest BCUT2D eigenvalue weighted by Gasteiger charge is -2.43. The number of benzene rings is 1. The van der Waals surface area contributed by atoms with Crippen molar-refractivity contribution in [2.24, 2.45) is 11.3 Å². The number of hydrogen-bond donors (Lipinski definition) is 2. The molecule has 1 saturated heterocycles. The van der Waals surface area contributed by atoms with Crippen LogP contribution in [0.25, 0.3) is 0 Å². The molecule has 2 aromatic rings. The molecule has 1 aromatic heterocycles. The number of rotatable bonds is 6. The van der Waals surface area contributed by atoms with E-state index >= 15 is 0 Å². The summed E-state index contributed by atoms with van der Waals surface area (Å²) >= 11 is 1.40. The van der Waals surface area contributed by atoms with E-state index in [1.165, 1.54) is 11.3 Å². The molecule has 4 rings (SSSR count). The van der Waals surface area contributed by atoms with Gasteiger partial charge in [-0.2, -0.15) is 0 Å². The summed E-state index contributed by atoms with van der Waals surface area (Å²) < 4.78 is 5.29. The summed E-state index contributed by atoms with van der Waals surface area (Å²) in [5.74, 6) is -0.667. The number of ether oxygens (including phenoxy) is 1. The maximum Gasteiger partial charge on any atom is 0.326 e. The molecule has 1 aliphatic heterocycles. The molecule has 2 N–H and O–H groups in total. The normalized spacial score (nSPS) is 24.5. The van der Waals surface area contributed by atoms with E-state index in [2.05, 4.69) is 36.4 Å². The number of nitrogens with zero attached hydrogens (tertiary/aromatic N) is 2. The Labute approximate surface area is 191 Å². The summed E-state index contributed by atoms with van der Waals surface area (Å²) in [7, 11) is 0. The summed E-state index contributed by atoms with van der Waals surface area (Å²) in [6, 6.07) is 9.11. The summed E-state index contributed by atoms with van der Waals surface area (Å²) in [6.07, 6.45) is 2.15. The molecule has 1 spiro atoms. The SMILES string of the molecule is C[C@H]1CC(C)(C)C[C@]2(C1)NC(=O)N(CC(=O)OCc1csc(Nc3ccccc3)n1)C2=O.